The third kappa shape index (κ3) is 4.18. The Balaban J connectivity index is 1.70. The van der Waals surface area contributed by atoms with Crippen LogP contribution in [-0.4, -0.2) is 35.4 Å². The molecule has 2 aromatic rings. The van der Waals surface area contributed by atoms with E-state index in [0.29, 0.717) is 12.1 Å². The van der Waals surface area contributed by atoms with E-state index < -0.39 is 0 Å². The molecule has 1 aromatic heterocycles. The van der Waals surface area contributed by atoms with Crippen LogP contribution in [0.3, 0.4) is 0 Å². The molecule has 1 aromatic carbocycles. The van der Waals surface area contributed by atoms with Gasteiger partial charge in [0.1, 0.15) is 0 Å². The van der Waals surface area contributed by atoms with Gasteiger partial charge in [0.05, 0.1) is 11.6 Å². The molecule has 120 valence electrons. The highest BCUT2D eigenvalue weighted by Gasteiger charge is 2.23. The van der Waals surface area contributed by atoms with E-state index in [-0.39, 0.29) is 11.9 Å². The molecule has 1 N–H and O–H groups in total. The first kappa shape index (κ1) is 16.1. The Kier molecular flexibility index (Phi) is 5.41. The fourth-order valence-corrected chi connectivity index (χ4v) is 3.38. The van der Waals surface area contributed by atoms with Crippen molar-refractivity contribution in [1.29, 1.82) is 0 Å². The molecular weight excluding hydrogens is 354 g/mol. The molecule has 0 radical (unpaired) electrons. The summed E-state index contributed by atoms with van der Waals surface area (Å²) in [5.41, 5.74) is 1.83. The maximum Gasteiger partial charge on any atom is 0.252 e. The van der Waals surface area contributed by atoms with Crippen molar-refractivity contribution >= 4 is 21.8 Å². The van der Waals surface area contributed by atoms with Gasteiger partial charge in [-0.15, -0.1) is 0 Å². The van der Waals surface area contributed by atoms with Gasteiger partial charge in [0.2, 0.25) is 0 Å². The highest BCUT2D eigenvalue weighted by Crippen LogP contribution is 2.24. The third-order valence-electron chi connectivity index (χ3n) is 4.19. The van der Waals surface area contributed by atoms with Crippen molar-refractivity contribution in [1.82, 2.24) is 15.2 Å². The summed E-state index contributed by atoms with van der Waals surface area (Å²) in [6.07, 6.45) is 5.72. The molecule has 4 nitrogen and oxygen atoms in total. The Morgan fingerprint density at radius 2 is 1.96 bits per heavy atom. The van der Waals surface area contributed by atoms with Crippen LogP contribution in [0, 0.1) is 0 Å². The van der Waals surface area contributed by atoms with Gasteiger partial charge in [-0.05, 0) is 53.5 Å². The second-order valence-electron chi connectivity index (χ2n) is 5.77. The van der Waals surface area contributed by atoms with Gasteiger partial charge in [-0.2, -0.15) is 0 Å². The van der Waals surface area contributed by atoms with E-state index in [1.165, 1.54) is 18.4 Å². The lowest BCUT2D eigenvalue weighted by atomic mass is 10.1. The van der Waals surface area contributed by atoms with Crippen LogP contribution in [0.2, 0.25) is 0 Å². The van der Waals surface area contributed by atoms with Gasteiger partial charge < -0.3 is 5.32 Å². The highest BCUT2D eigenvalue weighted by molar-refractivity contribution is 9.10. The van der Waals surface area contributed by atoms with Crippen LogP contribution in [0.4, 0.5) is 0 Å². The molecule has 5 heteroatoms. The minimum absolute atomic E-state index is 0.0843. The maximum absolute atomic E-state index is 12.4. The van der Waals surface area contributed by atoms with Gasteiger partial charge >= 0.3 is 0 Å². The Labute approximate surface area is 145 Å². The maximum atomic E-state index is 12.4. The minimum Gasteiger partial charge on any atom is -0.350 e. The predicted molar refractivity (Wildman–Crippen MR) is 94.3 cm³/mol. The predicted octanol–water partition coefficient (Wildman–Crippen LogP) is 3.41. The minimum atomic E-state index is -0.0843. The molecule has 0 bridgehead atoms. The van der Waals surface area contributed by atoms with E-state index in [4.69, 9.17) is 0 Å². The Bertz CT molecular complexity index is 656. The van der Waals surface area contributed by atoms with Crippen LogP contribution in [0.5, 0.6) is 0 Å². The number of benzene rings is 1. The van der Waals surface area contributed by atoms with Gasteiger partial charge in [-0.1, -0.05) is 30.3 Å². The van der Waals surface area contributed by atoms with Crippen molar-refractivity contribution in [2.75, 3.05) is 19.6 Å². The largest absolute Gasteiger partial charge is 0.350 e. The van der Waals surface area contributed by atoms with Gasteiger partial charge in [-0.3, -0.25) is 14.7 Å². The fraction of sp³-hybridized carbons (Fsp3) is 0.333. The van der Waals surface area contributed by atoms with Crippen LogP contribution < -0.4 is 5.32 Å². The Hall–Kier alpha value is -1.72. The number of carbonyl (C=O) groups is 1. The summed E-state index contributed by atoms with van der Waals surface area (Å²) in [6.45, 7) is 2.79. The van der Waals surface area contributed by atoms with Crippen molar-refractivity contribution in [2.24, 2.45) is 0 Å². The standard InChI is InChI=1S/C18H20BrN3O/c19-16-10-15(11-20-12-16)18(23)21-13-17(22-8-4-5-9-22)14-6-2-1-3-7-14/h1-3,6-7,10-12,17H,4-5,8-9,13H2,(H,21,23). The van der Waals surface area contributed by atoms with E-state index in [0.717, 1.165) is 17.6 Å². The number of hydrogen-bond acceptors (Lipinski definition) is 3. The van der Waals surface area contributed by atoms with Crippen molar-refractivity contribution < 1.29 is 4.79 Å². The van der Waals surface area contributed by atoms with E-state index in [1.54, 1.807) is 18.5 Å². The summed E-state index contributed by atoms with van der Waals surface area (Å²) in [6, 6.07) is 12.4. The van der Waals surface area contributed by atoms with E-state index in [9.17, 15) is 4.79 Å². The number of hydrogen-bond donors (Lipinski definition) is 1. The molecule has 23 heavy (non-hydrogen) atoms. The Morgan fingerprint density at radius 3 is 2.65 bits per heavy atom. The SMILES string of the molecule is O=C(NCC(c1ccccc1)N1CCCC1)c1cncc(Br)c1. The molecule has 3 rings (SSSR count). The topological polar surface area (TPSA) is 45.2 Å². The zero-order valence-corrected chi connectivity index (χ0v) is 14.5. The first-order valence-electron chi connectivity index (χ1n) is 7.92. The number of likely N-dealkylation sites (tertiary alicyclic amines) is 1. The van der Waals surface area contributed by atoms with Gasteiger partial charge in [-0.25, -0.2) is 0 Å². The lowest BCUT2D eigenvalue weighted by molar-refractivity contribution is 0.0937. The zero-order valence-electron chi connectivity index (χ0n) is 12.9. The molecule has 0 saturated carbocycles. The molecule has 1 fully saturated rings. The van der Waals surface area contributed by atoms with E-state index in [1.807, 2.05) is 6.07 Å². The molecule has 2 heterocycles. The van der Waals surface area contributed by atoms with Crippen LogP contribution in [0.15, 0.2) is 53.3 Å². The van der Waals surface area contributed by atoms with Crippen molar-refractivity contribution in [3.63, 3.8) is 0 Å². The smallest absolute Gasteiger partial charge is 0.252 e. The fourth-order valence-electron chi connectivity index (χ4n) is 3.01. The molecule has 1 amide bonds. The average molecular weight is 374 g/mol. The molecule has 1 saturated heterocycles. The molecule has 0 aliphatic carbocycles. The summed E-state index contributed by atoms with van der Waals surface area (Å²) < 4.78 is 0.810. The number of nitrogens with one attached hydrogen (secondary N) is 1. The van der Waals surface area contributed by atoms with Gasteiger partial charge in [0.15, 0.2) is 0 Å². The normalized spacial score (nSPS) is 16.2. The van der Waals surface area contributed by atoms with Gasteiger partial charge in [0.25, 0.3) is 5.91 Å². The molecule has 1 aliphatic heterocycles. The number of pyridine rings is 1. The van der Waals surface area contributed by atoms with Crippen LogP contribution in [0.1, 0.15) is 34.8 Å². The molecule has 1 atom stereocenters. The van der Waals surface area contributed by atoms with Crippen LogP contribution in [0.25, 0.3) is 0 Å². The third-order valence-corrected chi connectivity index (χ3v) is 4.62. The van der Waals surface area contributed by atoms with Crippen LogP contribution in [-0.2, 0) is 0 Å². The number of halogens is 1. The number of nitrogens with zero attached hydrogens (tertiary/aromatic N) is 2. The first-order chi connectivity index (χ1) is 11.2. The first-order valence-corrected chi connectivity index (χ1v) is 8.71. The molecule has 0 spiro atoms. The molecule has 1 aliphatic rings. The quantitative estimate of drug-likeness (QED) is 0.873. The summed E-state index contributed by atoms with van der Waals surface area (Å²) >= 11 is 3.35. The number of carbonyl (C=O) groups excluding carboxylic acids is 1. The van der Waals surface area contributed by atoms with Crippen molar-refractivity contribution in [3.05, 3.63) is 64.4 Å². The van der Waals surface area contributed by atoms with Crippen molar-refractivity contribution in [2.45, 2.75) is 18.9 Å². The zero-order chi connectivity index (χ0) is 16.1. The van der Waals surface area contributed by atoms with E-state index in [2.05, 4.69) is 55.4 Å². The summed E-state index contributed by atoms with van der Waals surface area (Å²) in [7, 11) is 0. The summed E-state index contributed by atoms with van der Waals surface area (Å²) in [4.78, 5) is 18.9. The summed E-state index contributed by atoms with van der Waals surface area (Å²) in [5, 5.41) is 3.06. The van der Waals surface area contributed by atoms with Gasteiger partial charge in [0, 0.05) is 23.4 Å². The van der Waals surface area contributed by atoms with E-state index >= 15 is 0 Å². The average Bonchev–Trinajstić information content (AvgIpc) is 3.10. The monoisotopic (exact) mass is 373 g/mol. The second kappa shape index (κ2) is 7.70. The number of amides is 1. The number of rotatable bonds is 5. The lowest BCUT2D eigenvalue weighted by Gasteiger charge is -2.28. The lowest BCUT2D eigenvalue weighted by Crippen LogP contribution is -2.36. The molecular formula is C18H20BrN3O. The van der Waals surface area contributed by atoms with Crippen molar-refractivity contribution in [3.8, 4) is 0 Å². The highest BCUT2D eigenvalue weighted by atomic mass is 79.9. The molecule has 1 unspecified atom stereocenters. The second-order valence-corrected chi connectivity index (χ2v) is 6.69. The summed E-state index contributed by atoms with van der Waals surface area (Å²) in [5.74, 6) is -0.0843. The Morgan fingerprint density at radius 1 is 1.22 bits per heavy atom. The van der Waals surface area contributed by atoms with Crippen LogP contribution >= 0.6 is 15.9 Å². The number of aromatic nitrogens is 1.